The van der Waals surface area contributed by atoms with E-state index < -0.39 is 10.0 Å². The lowest BCUT2D eigenvalue weighted by molar-refractivity contribution is 0.0728. The van der Waals surface area contributed by atoms with Crippen LogP contribution in [0.4, 0.5) is 0 Å². The van der Waals surface area contributed by atoms with E-state index in [9.17, 15) is 13.2 Å². The Hall–Kier alpha value is -2.56. The summed E-state index contributed by atoms with van der Waals surface area (Å²) in [5, 5.41) is 10.0. The molecule has 0 saturated carbocycles. The maximum atomic E-state index is 13.2. The average molecular weight is 463 g/mol. The Morgan fingerprint density at radius 3 is 2.52 bits per heavy atom. The first-order chi connectivity index (χ1) is 14.9. The summed E-state index contributed by atoms with van der Waals surface area (Å²) in [6, 6.07) is 9.95. The average Bonchev–Trinajstić information content (AvgIpc) is 3.46. The van der Waals surface area contributed by atoms with E-state index in [1.165, 1.54) is 27.8 Å². The summed E-state index contributed by atoms with van der Waals surface area (Å²) >= 11 is 1.49. The molecule has 1 aromatic carbocycles. The summed E-state index contributed by atoms with van der Waals surface area (Å²) in [6.45, 7) is 6.89. The van der Waals surface area contributed by atoms with Crippen molar-refractivity contribution in [1.29, 1.82) is 0 Å². The van der Waals surface area contributed by atoms with E-state index in [2.05, 4.69) is 10.2 Å². The highest BCUT2D eigenvalue weighted by Gasteiger charge is 2.24. The first-order valence-corrected chi connectivity index (χ1v) is 12.5. The van der Waals surface area contributed by atoms with Crippen molar-refractivity contribution in [3.8, 4) is 10.8 Å². The molecule has 0 spiro atoms. The monoisotopic (exact) mass is 462 g/mol. The first-order valence-electron chi connectivity index (χ1n) is 10.2. The van der Waals surface area contributed by atoms with Gasteiger partial charge in [0.2, 0.25) is 15.9 Å². The fraction of sp³-hybridized carbons (Fsp3) is 0.381. The number of hydrogen-bond donors (Lipinski definition) is 0. The van der Waals surface area contributed by atoms with Crippen molar-refractivity contribution < 1.29 is 17.6 Å². The van der Waals surface area contributed by atoms with E-state index in [0.29, 0.717) is 37.0 Å². The third-order valence-electron chi connectivity index (χ3n) is 4.73. The fourth-order valence-corrected chi connectivity index (χ4v) is 5.34. The molecule has 0 N–H and O–H groups in total. The zero-order chi connectivity index (χ0) is 22.4. The van der Waals surface area contributed by atoms with Gasteiger partial charge in [-0.15, -0.1) is 21.5 Å². The molecule has 0 saturated heterocycles. The van der Waals surface area contributed by atoms with Gasteiger partial charge in [-0.1, -0.05) is 32.9 Å². The molecule has 1 amide bonds. The molecule has 166 valence electrons. The van der Waals surface area contributed by atoms with Crippen LogP contribution in [0.3, 0.4) is 0 Å². The number of rotatable bonds is 10. The second-order valence-electron chi connectivity index (χ2n) is 6.82. The van der Waals surface area contributed by atoms with Gasteiger partial charge < -0.3 is 9.32 Å². The maximum absolute atomic E-state index is 13.2. The summed E-state index contributed by atoms with van der Waals surface area (Å²) in [4.78, 5) is 15.8. The van der Waals surface area contributed by atoms with Gasteiger partial charge in [0.15, 0.2) is 0 Å². The molecule has 0 bridgehead atoms. The Morgan fingerprint density at radius 2 is 1.87 bits per heavy atom. The van der Waals surface area contributed by atoms with Crippen LogP contribution >= 0.6 is 11.3 Å². The smallest absolute Gasteiger partial charge is 0.257 e. The van der Waals surface area contributed by atoms with E-state index in [0.717, 1.165) is 11.3 Å². The molecule has 8 nitrogen and oxygen atoms in total. The van der Waals surface area contributed by atoms with Gasteiger partial charge >= 0.3 is 0 Å². The van der Waals surface area contributed by atoms with Gasteiger partial charge in [-0.25, -0.2) is 8.42 Å². The van der Waals surface area contributed by atoms with Gasteiger partial charge in [-0.05, 0) is 36.1 Å². The molecule has 0 radical (unpaired) electrons. The third-order valence-corrected chi connectivity index (χ3v) is 7.63. The van der Waals surface area contributed by atoms with Crippen LogP contribution in [0.15, 0.2) is 51.1 Å². The van der Waals surface area contributed by atoms with Crippen LogP contribution in [0.5, 0.6) is 0 Å². The molecule has 0 fully saturated rings. The largest absolute Gasteiger partial charge is 0.418 e. The Bertz CT molecular complexity index is 1110. The predicted molar refractivity (Wildman–Crippen MR) is 119 cm³/mol. The standard InChI is InChI=1S/C21H26N4O4S2/c1-4-12-24(15-19-22-23-20(29-19)18-11-8-13-30-18)21(26)16-9-7-10-17(14-16)31(27,28)25(5-2)6-3/h7-11,13-14H,4-6,12,15H2,1-3H3. The van der Waals surface area contributed by atoms with Gasteiger partial charge in [0.05, 0.1) is 16.3 Å². The van der Waals surface area contributed by atoms with E-state index in [1.807, 2.05) is 24.4 Å². The van der Waals surface area contributed by atoms with Gasteiger partial charge in [0, 0.05) is 25.2 Å². The number of thiophene rings is 1. The Kier molecular flexibility index (Phi) is 7.58. The molecule has 0 aliphatic heterocycles. The lowest BCUT2D eigenvalue weighted by atomic mass is 10.2. The molecule has 0 aliphatic carbocycles. The molecule has 2 aromatic heterocycles. The van der Waals surface area contributed by atoms with Crippen molar-refractivity contribution in [2.75, 3.05) is 19.6 Å². The summed E-state index contributed by atoms with van der Waals surface area (Å²) in [5.74, 6) is 0.465. The zero-order valence-corrected chi connectivity index (χ0v) is 19.4. The Labute approximate surface area is 186 Å². The van der Waals surface area contributed by atoms with Crippen molar-refractivity contribution in [3.05, 3.63) is 53.2 Å². The predicted octanol–water partition coefficient (Wildman–Crippen LogP) is 3.88. The van der Waals surface area contributed by atoms with Crippen LogP contribution in [0.25, 0.3) is 10.8 Å². The van der Waals surface area contributed by atoms with Crippen molar-refractivity contribution in [1.82, 2.24) is 19.4 Å². The van der Waals surface area contributed by atoms with Crippen LogP contribution in [0, 0.1) is 0 Å². The molecular weight excluding hydrogens is 436 g/mol. The molecule has 3 rings (SSSR count). The number of sulfonamides is 1. The van der Waals surface area contributed by atoms with Crippen molar-refractivity contribution in [2.24, 2.45) is 0 Å². The summed E-state index contributed by atoms with van der Waals surface area (Å²) < 4.78 is 32.8. The van der Waals surface area contributed by atoms with Crippen LogP contribution in [0.1, 0.15) is 43.4 Å². The SMILES string of the molecule is CCCN(Cc1nnc(-c2cccs2)o1)C(=O)c1cccc(S(=O)(=O)N(CC)CC)c1. The molecular formula is C21H26N4O4S2. The normalized spacial score (nSPS) is 11.7. The summed E-state index contributed by atoms with van der Waals surface area (Å²) in [6.07, 6.45) is 0.731. The summed E-state index contributed by atoms with van der Waals surface area (Å²) in [5.41, 5.74) is 0.305. The molecule has 10 heteroatoms. The number of aromatic nitrogens is 2. The lowest BCUT2D eigenvalue weighted by Gasteiger charge is -2.22. The molecule has 0 atom stereocenters. The number of hydrogen-bond acceptors (Lipinski definition) is 7. The Morgan fingerprint density at radius 1 is 1.10 bits per heavy atom. The minimum atomic E-state index is -3.65. The highest BCUT2D eigenvalue weighted by atomic mass is 32.2. The molecule has 0 aliphatic rings. The Balaban J connectivity index is 1.83. The van der Waals surface area contributed by atoms with Crippen LogP contribution in [-0.2, 0) is 16.6 Å². The van der Waals surface area contributed by atoms with E-state index in [-0.39, 0.29) is 17.3 Å². The first kappa shape index (κ1) is 23.1. The minimum absolute atomic E-state index is 0.108. The van der Waals surface area contributed by atoms with Gasteiger partial charge in [0.1, 0.15) is 0 Å². The zero-order valence-electron chi connectivity index (χ0n) is 17.8. The number of amides is 1. The quantitative estimate of drug-likeness (QED) is 0.454. The molecule has 2 heterocycles. The lowest BCUT2D eigenvalue weighted by Crippen LogP contribution is -2.32. The molecule has 0 unspecified atom stereocenters. The van der Waals surface area contributed by atoms with Crippen LogP contribution in [-0.4, -0.2) is 53.4 Å². The number of carbonyl (C=O) groups excluding carboxylic acids is 1. The van der Waals surface area contributed by atoms with Gasteiger partial charge in [-0.2, -0.15) is 4.31 Å². The second kappa shape index (κ2) is 10.2. The highest BCUT2D eigenvalue weighted by molar-refractivity contribution is 7.89. The maximum Gasteiger partial charge on any atom is 0.257 e. The highest BCUT2D eigenvalue weighted by Crippen LogP contribution is 2.24. The van der Waals surface area contributed by atoms with Crippen molar-refractivity contribution in [2.45, 2.75) is 38.6 Å². The second-order valence-corrected chi connectivity index (χ2v) is 9.71. The van der Waals surface area contributed by atoms with E-state index in [1.54, 1.807) is 30.9 Å². The number of benzene rings is 1. The van der Waals surface area contributed by atoms with Crippen molar-refractivity contribution in [3.63, 3.8) is 0 Å². The van der Waals surface area contributed by atoms with E-state index in [4.69, 9.17) is 4.42 Å². The number of nitrogens with zero attached hydrogens (tertiary/aromatic N) is 4. The fourth-order valence-electron chi connectivity index (χ4n) is 3.19. The van der Waals surface area contributed by atoms with E-state index >= 15 is 0 Å². The third kappa shape index (κ3) is 5.20. The number of carbonyl (C=O) groups is 1. The molecule has 31 heavy (non-hydrogen) atoms. The van der Waals surface area contributed by atoms with Crippen LogP contribution in [0.2, 0.25) is 0 Å². The van der Waals surface area contributed by atoms with Crippen molar-refractivity contribution >= 4 is 27.3 Å². The van der Waals surface area contributed by atoms with Crippen LogP contribution < -0.4 is 0 Å². The molecule has 3 aromatic rings. The van der Waals surface area contributed by atoms with Gasteiger partial charge in [-0.3, -0.25) is 4.79 Å². The minimum Gasteiger partial charge on any atom is -0.418 e. The summed E-state index contributed by atoms with van der Waals surface area (Å²) in [7, 11) is -3.65. The van der Waals surface area contributed by atoms with Gasteiger partial charge in [0.25, 0.3) is 11.8 Å². The topological polar surface area (TPSA) is 96.6 Å².